The summed E-state index contributed by atoms with van der Waals surface area (Å²) >= 11 is 0. The van der Waals surface area contributed by atoms with Crippen molar-refractivity contribution in [1.29, 1.82) is 0 Å². The van der Waals surface area contributed by atoms with Crippen LogP contribution in [0, 0.1) is 0 Å². The van der Waals surface area contributed by atoms with E-state index in [1.165, 1.54) is 0 Å². The maximum Gasteiger partial charge on any atom is 0.269 e. The molecule has 0 aromatic heterocycles. The molecule has 0 saturated heterocycles. The van der Waals surface area contributed by atoms with Crippen molar-refractivity contribution in [2.45, 2.75) is 20.1 Å². The fourth-order valence-electron chi connectivity index (χ4n) is 0.688. The van der Waals surface area contributed by atoms with Crippen molar-refractivity contribution in [2.75, 3.05) is 19.0 Å². The van der Waals surface area contributed by atoms with Crippen LogP contribution in [0.4, 0.5) is 0 Å². The Morgan fingerprint density at radius 3 is 1.85 bits per heavy atom. The molecule has 0 aromatic carbocycles. The van der Waals surface area contributed by atoms with Gasteiger partial charge in [0.2, 0.25) is 0 Å². The molecule has 0 fully saturated rings. The molecule has 13 heavy (non-hydrogen) atoms. The molecule has 0 aliphatic carbocycles. The molecule has 0 atom stereocenters. The molecule has 0 rings (SSSR count). The van der Waals surface area contributed by atoms with Gasteiger partial charge in [-0.3, -0.25) is 4.55 Å². The Bertz CT molecular complexity index is 197. The Balaban J connectivity index is 0. The van der Waals surface area contributed by atoms with Crippen LogP contribution >= 0.6 is 0 Å². The summed E-state index contributed by atoms with van der Waals surface area (Å²) in [5.41, 5.74) is 0. The molecule has 0 aliphatic heterocycles. The van der Waals surface area contributed by atoms with Crippen LogP contribution < -0.4 is 0 Å². The summed E-state index contributed by atoms with van der Waals surface area (Å²) in [6.07, 6.45) is -0.866. The predicted octanol–water partition coefficient (Wildman–Crippen LogP) is -0.108. The average molecular weight is 221 g/mol. The molecule has 0 amide bonds. The number of rotatable bonds is 6. The molecule has 5 nitrogen and oxygen atoms in total. The van der Waals surface area contributed by atoms with E-state index in [-0.39, 0.29) is 29.6 Å². The summed E-state index contributed by atoms with van der Waals surface area (Å²) in [6.45, 7) is 4.13. The first-order chi connectivity index (χ1) is 5.49. The third-order valence-electron chi connectivity index (χ3n) is 1.05. The first-order valence-corrected chi connectivity index (χ1v) is 5.28. The summed E-state index contributed by atoms with van der Waals surface area (Å²) in [5.74, 6) is -0.519. The monoisotopic (exact) mass is 221 g/mol. The zero-order chi connectivity index (χ0) is 9.61. The van der Waals surface area contributed by atoms with Gasteiger partial charge in [0.05, 0.1) is 0 Å². The standard InChI is InChI=1S/C6H14O5S.Na/c1-3-10-6(11-4-2)5-12(7,8)9;/h6H,3-5H2,1-2H3,(H,7,8,9);. The zero-order valence-corrected chi connectivity index (χ0v) is 11.0. The third-order valence-corrected chi connectivity index (χ3v) is 1.75. The van der Waals surface area contributed by atoms with E-state index in [2.05, 4.69) is 0 Å². The molecular formula is C6H14NaO5S. The first-order valence-electron chi connectivity index (χ1n) is 3.68. The second-order valence-electron chi connectivity index (χ2n) is 2.09. The van der Waals surface area contributed by atoms with Crippen LogP contribution in [0.1, 0.15) is 13.8 Å². The van der Waals surface area contributed by atoms with Crippen molar-refractivity contribution in [2.24, 2.45) is 0 Å². The first kappa shape index (κ1) is 16.3. The Labute approximate surface area is 101 Å². The van der Waals surface area contributed by atoms with Crippen LogP contribution in [0.2, 0.25) is 0 Å². The summed E-state index contributed by atoms with van der Waals surface area (Å²) in [4.78, 5) is 0. The topological polar surface area (TPSA) is 72.8 Å². The number of ether oxygens (including phenoxy) is 2. The minimum Gasteiger partial charge on any atom is -0.352 e. The largest absolute Gasteiger partial charge is 0.352 e. The normalized spacial score (nSPS) is 11.4. The van der Waals surface area contributed by atoms with Crippen molar-refractivity contribution in [3.05, 3.63) is 0 Å². The van der Waals surface area contributed by atoms with Crippen molar-refractivity contribution in [1.82, 2.24) is 0 Å². The van der Waals surface area contributed by atoms with Crippen molar-refractivity contribution in [3.63, 3.8) is 0 Å². The Kier molecular flexibility index (Phi) is 10.2. The molecule has 0 bridgehead atoms. The van der Waals surface area contributed by atoms with Gasteiger partial charge in [-0.2, -0.15) is 8.42 Å². The fraction of sp³-hybridized carbons (Fsp3) is 1.00. The summed E-state index contributed by atoms with van der Waals surface area (Å²) in [6, 6.07) is 0. The van der Waals surface area contributed by atoms with E-state index in [0.29, 0.717) is 13.2 Å². The molecular weight excluding hydrogens is 207 g/mol. The average Bonchev–Trinajstić information content (AvgIpc) is 1.84. The van der Waals surface area contributed by atoms with Crippen LogP contribution in [0.5, 0.6) is 0 Å². The van der Waals surface area contributed by atoms with E-state index >= 15 is 0 Å². The Morgan fingerprint density at radius 2 is 1.62 bits per heavy atom. The SMILES string of the molecule is CCOC(CS(=O)(=O)O)OCC.[Na]. The Morgan fingerprint density at radius 1 is 1.23 bits per heavy atom. The number of hydrogen-bond acceptors (Lipinski definition) is 4. The zero-order valence-electron chi connectivity index (χ0n) is 8.19. The minimum atomic E-state index is -4.02. The number of hydrogen-bond donors (Lipinski definition) is 1. The summed E-state index contributed by atoms with van der Waals surface area (Å²) < 4.78 is 39.0. The van der Waals surface area contributed by atoms with Crippen molar-refractivity contribution in [3.8, 4) is 0 Å². The van der Waals surface area contributed by atoms with Crippen LogP contribution in [0.15, 0.2) is 0 Å². The molecule has 75 valence electrons. The molecule has 7 heteroatoms. The van der Waals surface area contributed by atoms with Gasteiger partial charge in [0.25, 0.3) is 10.1 Å². The van der Waals surface area contributed by atoms with E-state index in [1.807, 2.05) is 0 Å². The molecule has 1 radical (unpaired) electrons. The van der Waals surface area contributed by atoms with E-state index < -0.39 is 22.2 Å². The molecule has 0 heterocycles. The van der Waals surface area contributed by atoms with Gasteiger partial charge in [0.1, 0.15) is 5.75 Å². The second kappa shape index (κ2) is 8.16. The Hall–Kier alpha value is 0.830. The van der Waals surface area contributed by atoms with Gasteiger partial charge < -0.3 is 9.47 Å². The predicted molar refractivity (Wildman–Crippen MR) is 49.2 cm³/mol. The van der Waals surface area contributed by atoms with Gasteiger partial charge in [0.15, 0.2) is 6.29 Å². The quantitative estimate of drug-likeness (QED) is 0.385. The smallest absolute Gasteiger partial charge is 0.269 e. The van der Waals surface area contributed by atoms with Gasteiger partial charge >= 0.3 is 0 Å². The molecule has 0 aliphatic rings. The van der Waals surface area contributed by atoms with Crippen molar-refractivity contribution < 1.29 is 22.4 Å². The maximum atomic E-state index is 10.4. The molecule has 1 N–H and O–H groups in total. The van der Waals surface area contributed by atoms with Crippen LogP contribution in [-0.2, 0) is 19.6 Å². The molecule has 0 unspecified atom stereocenters. The van der Waals surface area contributed by atoms with E-state index in [4.69, 9.17) is 14.0 Å². The van der Waals surface area contributed by atoms with Crippen LogP contribution in [-0.4, -0.2) is 67.8 Å². The second-order valence-corrected chi connectivity index (χ2v) is 3.59. The summed E-state index contributed by atoms with van der Waals surface area (Å²) in [7, 11) is -4.02. The third kappa shape index (κ3) is 10.8. The van der Waals surface area contributed by atoms with E-state index in [1.54, 1.807) is 13.8 Å². The summed E-state index contributed by atoms with van der Waals surface area (Å²) in [5, 5.41) is 0. The minimum absolute atomic E-state index is 0. The van der Waals surface area contributed by atoms with Crippen molar-refractivity contribution >= 4 is 39.7 Å². The van der Waals surface area contributed by atoms with Gasteiger partial charge in [-0.25, -0.2) is 0 Å². The van der Waals surface area contributed by atoms with E-state index in [9.17, 15) is 8.42 Å². The van der Waals surface area contributed by atoms with Gasteiger partial charge in [-0.15, -0.1) is 0 Å². The van der Waals surface area contributed by atoms with Gasteiger partial charge in [-0.1, -0.05) is 0 Å². The molecule has 0 aromatic rings. The van der Waals surface area contributed by atoms with Crippen LogP contribution in [0.25, 0.3) is 0 Å². The molecule has 0 saturated carbocycles. The maximum absolute atomic E-state index is 10.4. The van der Waals surface area contributed by atoms with Gasteiger partial charge in [0, 0.05) is 42.8 Å². The molecule has 0 spiro atoms. The van der Waals surface area contributed by atoms with Crippen LogP contribution in [0.3, 0.4) is 0 Å². The van der Waals surface area contributed by atoms with Gasteiger partial charge in [-0.05, 0) is 13.8 Å². The van der Waals surface area contributed by atoms with E-state index in [0.717, 1.165) is 0 Å². The fourth-order valence-corrected chi connectivity index (χ4v) is 1.22.